The molecule has 0 unspecified atom stereocenters. The summed E-state index contributed by atoms with van der Waals surface area (Å²) in [7, 11) is 1.56. The van der Waals surface area contributed by atoms with E-state index in [1.54, 1.807) is 27.8 Å². The standard InChI is InChI=1S/C18H31N3O5/c1-18(2,3)26-17(24)20-16-19-14(22)11-9-7-5-6-8-10-12-25-15(23)13-21(16)4/h5-13H2,1-4H3,(H,19,20,22,24). The summed E-state index contributed by atoms with van der Waals surface area (Å²) >= 11 is 0. The van der Waals surface area contributed by atoms with E-state index in [1.165, 1.54) is 4.90 Å². The summed E-state index contributed by atoms with van der Waals surface area (Å²) in [5.41, 5.74) is -0.706. The predicted octanol–water partition coefficient (Wildman–Crippen LogP) is 2.61. The second-order valence-corrected chi connectivity index (χ2v) is 7.41. The number of hydrogen-bond donors (Lipinski definition) is 1. The largest absolute Gasteiger partial charge is 0.464 e. The second kappa shape index (κ2) is 10.8. The van der Waals surface area contributed by atoms with Gasteiger partial charge >= 0.3 is 12.1 Å². The van der Waals surface area contributed by atoms with Crippen LogP contribution in [0.3, 0.4) is 0 Å². The van der Waals surface area contributed by atoms with Gasteiger partial charge in [0.25, 0.3) is 0 Å². The number of guanidine groups is 1. The summed E-state index contributed by atoms with van der Waals surface area (Å²) in [6.07, 6.45) is 5.17. The van der Waals surface area contributed by atoms with Gasteiger partial charge in [-0.05, 0) is 33.6 Å². The molecule has 0 atom stereocenters. The Balaban J connectivity index is 2.86. The van der Waals surface area contributed by atoms with Crippen LogP contribution in [0, 0.1) is 0 Å². The number of carbonyl (C=O) groups is 3. The van der Waals surface area contributed by atoms with Crippen molar-refractivity contribution in [3.05, 3.63) is 0 Å². The molecule has 0 saturated carbocycles. The third-order valence-corrected chi connectivity index (χ3v) is 3.63. The molecular weight excluding hydrogens is 338 g/mol. The first-order valence-corrected chi connectivity index (χ1v) is 9.15. The fourth-order valence-corrected chi connectivity index (χ4v) is 2.36. The minimum Gasteiger partial charge on any atom is -0.464 e. The summed E-state index contributed by atoms with van der Waals surface area (Å²) in [5, 5.41) is 2.60. The quantitative estimate of drug-likeness (QED) is 0.659. The van der Waals surface area contributed by atoms with Crippen LogP contribution in [0.1, 0.15) is 65.7 Å². The Morgan fingerprint density at radius 1 is 1.12 bits per heavy atom. The number of amides is 2. The van der Waals surface area contributed by atoms with Gasteiger partial charge in [-0.3, -0.25) is 14.9 Å². The fraction of sp³-hybridized carbons (Fsp3) is 0.778. The molecule has 0 aromatic rings. The maximum absolute atomic E-state index is 12.1. The van der Waals surface area contributed by atoms with Crippen LogP contribution in [0.4, 0.5) is 4.79 Å². The Hall–Kier alpha value is -2.12. The van der Waals surface area contributed by atoms with Crippen molar-refractivity contribution < 1.29 is 23.9 Å². The monoisotopic (exact) mass is 369 g/mol. The number of cyclic esters (lactones) is 1. The molecule has 8 nitrogen and oxygen atoms in total. The molecule has 1 aliphatic heterocycles. The number of carbonyl (C=O) groups excluding carboxylic acids is 3. The summed E-state index contributed by atoms with van der Waals surface area (Å²) < 4.78 is 10.3. The molecule has 8 heteroatoms. The molecule has 0 bridgehead atoms. The molecule has 1 aliphatic rings. The number of nitrogens with zero attached hydrogens (tertiary/aromatic N) is 2. The highest BCUT2D eigenvalue weighted by Crippen LogP contribution is 2.10. The third kappa shape index (κ3) is 10.0. The van der Waals surface area contributed by atoms with Gasteiger partial charge in [0.2, 0.25) is 11.9 Å². The van der Waals surface area contributed by atoms with E-state index >= 15 is 0 Å². The molecule has 2 amide bonds. The number of rotatable bonds is 0. The topological polar surface area (TPSA) is 97.3 Å². The van der Waals surface area contributed by atoms with Gasteiger partial charge in [0, 0.05) is 13.5 Å². The van der Waals surface area contributed by atoms with Crippen LogP contribution in [0.15, 0.2) is 4.99 Å². The zero-order chi connectivity index (χ0) is 19.6. The normalized spacial score (nSPS) is 20.6. The number of aliphatic imine (C=N–C) groups is 1. The van der Waals surface area contributed by atoms with Crippen LogP contribution in [0.25, 0.3) is 0 Å². The molecular formula is C18H31N3O5. The van der Waals surface area contributed by atoms with Crippen LogP contribution >= 0.6 is 0 Å². The Labute approximate surface area is 155 Å². The molecule has 0 aromatic heterocycles. The van der Waals surface area contributed by atoms with Crippen molar-refractivity contribution >= 4 is 23.9 Å². The van der Waals surface area contributed by atoms with Gasteiger partial charge in [-0.25, -0.2) is 4.79 Å². The maximum Gasteiger partial charge on any atom is 0.437 e. The molecule has 0 radical (unpaired) electrons. The first-order valence-electron chi connectivity index (χ1n) is 9.15. The number of nitrogens with one attached hydrogen (secondary N) is 1. The van der Waals surface area contributed by atoms with E-state index < -0.39 is 17.7 Å². The van der Waals surface area contributed by atoms with Gasteiger partial charge in [-0.15, -0.1) is 4.99 Å². The molecule has 0 aliphatic carbocycles. The van der Waals surface area contributed by atoms with Crippen LogP contribution in [0.2, 0.25) is 0 Å². The van der Waals surface area contributed by atoms with E-state index in [1.807, 2.05) is 0 Å². The number of hydrogen-bond acceptors (Lipinski definition) is 5. The summed E-state index contributed by atoms with van der Waals surface area (Å²) in [6.45, 7) is 5.42. The molecule has 0 spiro atoms. The number of esters is 1. The minimum absolute atomic E-state index is 0.0175. The summed E-state index contributed by atoms with van der Waals surface area (Å²) in [6, 6.07) is 0. The Morgan fingerprint density at radius 2 is 1.73 bits per heavy atom. The van der Waals surface area contributed by atoms with E-state index in [0.29, 0.717) is 13.0 Å². The van der Waals surface area contributed by atoms with E-state index in [9.17, 15) is 14.4 Å². The zero-order valence-electron chi connectivity index (χ0n) is 16.3. The summed E-state index contributed by atoms with van der Waals surface area (Å²) in [5.74, 6) is -0.702. The van der Waals surface area contributed by atoms with E-state index in [4.69, 9.17) is 9.47 Å². The van der Waals surface area contributed by atoms with E-state index in [-0.39, 0.29) is 18.4 Å². The van der Waals surface area contributed by atoms with Crippen molar-refractivity contribution in [2.24, 2.45) is 4.99 Å². The van der Waals surface area contributed by atoms with Crippen LogP contribution in [-0.4, -0.2) is 54.6 Å². The number of ether oxygens (including phenoxy) is 2. The first-order chi connectivity index (χ1) is 12.2. The van der Waals surface area contributed by atoms with E-state index in [0.717, 1.165) is 38.5 Å². The Bertz CT molecular complexity index is 525. The lowest BCUT2D eigenvalue weighted by atomic mass is 10.1. The lowest BCUT2D eigenvalue weighted by Gasteiger charge is -2.22. The van der Waals surface area contributed by atoms with Gasteiger partial charge in [0.05, 0.1) is 6.61 Å². The smallest absolute Gasteiger partial charge is 0.437 e. The molecule has 1 heterocycles. The molecule has 0 aromatic carbocycles. The van der Waals surface area contributed by atoms with Crippen molar-refractivity contribution in [2.45, 2.75) is 71.3 Å². The molecule has 1 rings (SSSR count). The van der Waals surface area contributed by atoms with Crippen molar-refractivity contribution in [3.63, 3.8) is 0 Å². The van der Waals surface area contributed by atoms with Crippen LogP contribution < -0.4 is 5.32 Å². The highest BCUT2D eigenvalue weighted by atomic mass is 16.6. The van der Waals surface area contributed by atoms with Crippen LogP contribution in [0.5, 0.6) is 0 Å². The molecule has 26 heavy (non-hydrogen) atoms. The van der Waals surface area contributed by atoms with Crippen molar-refractivity contribution in [1.82, 2.24) is 10.2 Å². The molecule has 1 fully saturated rings. The Kier molecular flexibility index (Phi) is 9.09. The average molecular weight is 369 g/mol. The average Bonchev–Trinajstić information content (AvgIpc) is 2.50. The maximum atomic E-state index is 12.1. The van der Waals surface area contributed by atoms with Gasteiger partial charge < -0.3 is 14.4 Å². The van der Waals surface area contributed by atoms with Crippen molar-refractivity contribution in [3.8, 4) is 0 Å². The van der Waals surface area contributed by atoms with Gasteiger partial charge in [-0.1, -0.05) is 25.7 Å². The van der Waals surface area contributed by atoms with Gasteiger partial charge in [-0.2, -0.15) is 0 Å². The highest BCUT2D eigenvalue weighted by molar-refractivity contribution is 6.01. The lowest BCUT2D eigenvalue weighted by molar-refractivity contribution is -0.144. The molecule has 148 valence electrons. The van der Waals surface area contributed by atoms with Crippen LogP contribution in [-0.2, 0) is 19.1 Å². The summed E-state index contributed by atoms with van der Waals surface area (Å²) in [4.78, 5) is 41.2. The third-order valence-electron chi connectivity index (χ3n) is 3.63. The minimum atomic E-state index is -0.828. The Morgan fingerprint density at radius 3 is 2.38 bits per heavy atom. The van der Waals surface area contributed by atoms with Crippen molar-refractivity contribution in [1.29, 1.82) is 0 Å². The molecule has 1 saturated heterocycles. The predicted molar refractivity (Wildman–Crippen MR) is 97.7 cm³/mol. The second-order valence-electron chi connectivity index (χ2n) is 7.41. The molecule has 1 N–H and O–H groups in total. The highest BCUT2D eigenvalue weighted by Gasteiger charge is 2.20. The first kappa shape index (κ1) is 21.9. The SMILES string of the molecule is CN1CC(=O)OCCCCCCCCC(=O)N/C1=N/C(=O)OC(C)(C)C. The van der Waals surface area contributed by atoms with Crippen molar-refractivity contribution in [2.75, 3.05) is 20.2 Å². The van der Waals surface area contributed by atoms with Gasteiger partial charge in [0.15, 0.2) is 0 Å². The fourth-order valence-electron chi connectivity index (χ4n) is 2.36. The lowest BCUT2D eigenvalue weighted by Crippen LogP contribution is -2.45. The van der Waals surface area contributed by atoms with E-state index in [2.05, 4.69) is 10.3 Å². The zero-order valence-corrected chi connectivity index (χ0v) is 16.3. The number of likely N-dealkylation sites (N-methyl/N-ethyl adjacent to an activating group) is 1. The van der Waals surface area contributed by atoms with Gasteiger partial charge in [0.1, 0.15) is 12.1 Å².